The Morgan fingerprint density at radius 1 is 0.844 bits per heavy atom. The van der Waals surface area contributed by atoms with Gasteiger partial charge in [-0.15, -0.1) is 0 Å². The first-order valence-electron chi connectivity index (χ1n) is 9.71. The predicted molar refractivity (Wildman–Crippen MR) is 116 cm³/mol. The van der Waals surface area contributed by atoms with Crippen LogP contribution in [-0.4, -0.2) is 60.8 Å². The smallest absolute Gasteiger partial charge is 0.297 e. The van der Waals surface area contributed by atoms with E-state index in [2.05, 4.69) is 0 Å². The molecule has 0 aliphatic carbocycles. The molecule has 178 valence electrons. The van der Waals surface area contributed by atoms with Gasteiger partial charge < -0.3 is 14.6 Å². The third-order valence-corrected chi connectivity index (χ3v) is 7.21. The van der Waals surface area contributed by atoms with Crippen molar-refractivity contribution in [3.05, 3.63) is 59.7 Å². The fourth-order valence-corrected chi connectivity index (χ4v) is 4.76. The fourth-order valence-electron chi connectivity index (χ4n) is 2.75. The lowest BCUT2D eigenvalue weighted by Crippen LogP contribution is -2.43. The van der Waals surface area contributed by atoms with Crippen molar-refractivity contribution in [2.75, 3.05) is 20.5 Å². The molecular formula is C21H28O9S2. The van der Waals surface area contributed by atoms with Crippen LogP contribution in [0.1, 0.15) is 18.1 Å². The number of methoxy groups -OCH3 is 1. The number of aliphatic hydroxyl groups is 1. The summed E-state index contributed by atoms with van der Waals surface area (Å²) < 4.78 is 70.2. The first-order valence-corrected chi connectivity index (χ1v) is 12.5. The van der Waals surface area contributed by atoms with Crippen molar-refractivity contribution >= 4 is 20.2 Å². The Kier molecular flexibility index (Phi) is 9.34. The zero-order valence-electron chi connectivity index (χ0n) is 18.3. The maximum Gasteiger partial charge on any atom is 0.297 e. The van der Waals surface area contributed by atoms with E-state index in [1.807, 2.05) is 13.8 Å². The van der Waals surface area contributed by atoms with E-state index < -0.39 is 45.2 Å². The highest BCUT2D eigenvalue weighted by Gasteiger charge is 2.33. The normalized spacial score (nSPS) is 15.3. The van der Waals surface area contributed by atoms with E-state index in [1.54, 1.807) is 24.3 Å². The van der Waals surface area contributed by atoms with Crippen LogP contribution in [0, 0.1) is 13.8 Å². The van der Waals surface area contributed by atoms with Crippen LogP contribution < -0.4 is 0 Å². The molecule has 2 rings (SSSR count). The number of aliphatic hydroxyl groups excluding tert-OH is 1. The van der Waals surface area contributed by atoms with Gasteiger partial charge in [0.05, 0.1) is 16.4 Å². The van der Waals surface area contributed by atoms with Crippen LogP contribution >= 0.6 is 0 Å². The maximum absolute atomic E-state index is 12.6. The van der Waals surface area contributed by atoms with Crippen molar-refractivity contribution < 1.29 is 39.8 Å². The summed E-state index contributed by atoms with van der Waals surface area (Å²) in [6, 6.07) is 12.0. The van der Waals surface area contributed by atoms with Gasteiger partial charge in [-0.2, -0.15) is 16.8 Å². The van der Waals surface area contributed by atoms with E-state index in [0.29, 0.717) is 0 Å². The summed E-state index contributed by atoms with van der Waals surface area (Å²) in [5, 5.41) is 10.5. The van der Waals surface area contributed by atoms with Crippen molar-refractivity contribution in [1.29, 1.82) is 0 Å². The second-order valence-electron chi connectivity index (χ2n) is 7.23. The van der Waals surface area contributed by atoms with Crippen molar-refractivity contribution in [2.24, 2.45) is 0 Å². The summed E-state index contributed by atoms with van der Waals surface area (Å²) in [6.07, 6.45) is -3.98. The van der Waals surface area contributed by atoms with Crippen LogP contribution in [0.4, 0.5) is 0 Å². The highest BCUT2D eigenvalue weighted by molar-refractivity contribution is 7.87. The predicted octanol–water partition coefficient (Wildman–Crippen LogP) is 2.15. The first kappa shape index (κ1) is 26.4. The zero-order valence-corrected chi connectivity index (χ0v) is 19.9. The molecule has 11 heteroatoms. The summed E-state index contributed by atoms with van der Waals surface area (Å²) in [6.45, 7) is 4.04. The van der Waals surface area contributed by atoms with Gasteiger partial charge in [0.1, 0.15) is 25.1 Å². The molecule has 1 N–H and O–H groups in total. The van der Waals surface area contributed by atoms with Gasteiger partial charge >= 0.3 is 0 Å². The molecule has 2 aromatic carbocycles. The summed E-state index contributed by atoms with van der Waals surface area (Å²) >= 11 is 0. The Morgan fingerprint density at radius 3 is 1.78 bits per heavy atom. The van der Waals surface area contributed by atoms with Crippen molar-refractivity contribution in [3.63, 3.8) is 0 Å². The molecule has 0 aromatic heterocycles. The average Bonchev–Trinajstić information content (AvgIpc) is 2.73. The molecule has 1 unspecified atom stereocenters. The third kappa shape index (κ3) is 7.34. The summed E-state index contributed by atoms with van der Waals surface area (Å²) in [7, 11) is -6.96. The van der Waals surface area contributed by atoms with Crippen LogP contribution in [0.3, 0.4) is 0 Å². The van der Waals surface area contributed by atoms with Crippen LogP contribution in [0.5, 0.6) is 0 Å². The van der Waals surface area contributed by atoms with Gasteiger partial charge in [0.15, 0.2) is 0 Å². The van der Waals surface area contributed by atoms with Crippen molar-refractivity contribution in [2.45, 2.75) is 48.9 Å². The van der Waals surface area contributed by atoms with Gasteiger partial charge in [0, 0.05) is 7.11 Å². The molecule has 0 aliphatic heterocycles. The minimum atomic E-state index is -4.16. The molecule has 0 saturated heterocycles. The van der Waals surface area contributed by atoms with E-state index >= 15 is 0 Å². The molecule has 32 heavy (non-hydrogen) atoms. The molecule has 3 atom stereocenters. The number of hydrogen-bond donors (Lipinski definition) is 1. The van der Waals surface area contributed by atoms with Crippen molar-refractivity contribution in [1.82, 2.24) is 0 Å². The van der Waals surface area contributed by atoms with E-state index in [0.717, 1.165) is 11.1 Å². The number of ether oxygens (including phenoxy) is 2. The number of aryl methyl sites for hydroxylation is 2. The van der Waals surface area contributed by atoms with Gasteiger partial charge in [-0.3, -0.25) is 8.37 Å². The molecule has 0 spiro atoms. The quantitative estimate of drug-likeness (QED) is 0.353. The van der Waals surface area contributed by atoms with Crippen LogP contribution in [0.15, 0.2) is 58.3 Å². The minimum Gasteiger partial charge on any atom is -0.388 e. The number of benzene rings is 2. The van der Waals surface area contributed by atoms with E-state index in [-0.39, 0.29) is 16.6 Å². The molecule has 0 fully saturated rings. The highest BCUT2D eigenvalue weighted by atomic mass is 32.2. The van der Waals surface area contributed by atoms with Crippen LogP contribution in [-0.2, 0) is 38.1 Å². The highest BCUT2D eigenvalue weighted by Crippen LogP contribution is 2.20. The SMILES string of the molecule is COCO[C@H](C(C)OS(=O)(=O)c1ccc(C)cc1)[C@@H](O)COS(=O)(=O)c1ccc(C)cc1. The molecule has 2 aromatic rings. The molecular weight excluding hydrogens is 460 g/mol. The summed E-state index contributed by atoms with van der Waals surface area (Å²) in [5.41, 5.74) is 1.75. The molecule has 0 saturated carbocycles. The number of hydrogen-bond acceptors (Lipinski definition) is 9. The Morgan fingerprint density at radius 2 is 1.31 bits per heavy atom. The monoisotopic (exact) mass is 488 g/mol. The van der Waals surface area contributed by atoms with E-state index in [9.17, 15) is 21.9 Å². The molecule has 0 amide bonds. The van der Waals surface area contributed by atoms with Crippen molar-refractivity contribution in [3.8, 4) is 0 Å². The Labute approximate surface area is 189 Å². The minimum absolute atomic E-state index is 0.0619. The van der Waals surface area contributed by atoms with Gasteiger partial charge in [-0.1, -0.05) is 35.4 Å². The number of rotatable bonds is 12. The van der Waals surface area contributed by atoms with E-state index in [4.69, 9.17) is 17.8 Å². The molecule has 9 nitrogen and oxygen atoms in total. The second kappa shape index (κ2) is 11.3. The lowest BCUT2D eigenvalue weighted by molar-refractivity contribution is -0.147. The van der Waals surface area contributed by atoms with E-state index in [1.165, 1.54) is 38.3 Å². The standard InChI is InChI=1S/C21H28O9S2/c1-15-5-9-18(10-6-15)31(23,24)29-13-20(22)21(28-14-27-4)17(3)30-32(25,26)19-11-7-16(2)8-12-19/h5-12,17,20-22H,13-14H2,1-4H3/t17?,20-,21+/m0/s1. The Bertz CT molecular complexity index is 1060. The largest absolute Gasteiger partial charge is 0.388 e. The Hall–Kier alpha value is -1.86. The molecule has 0 aliphatic rings. The summed E-state index contributed by atoms with van der Waals surface area (Å²) in [4.78, 5) is -0.135. The van der Waals surface area contributed by atoms with Gasteiger partial charge in [-0.25, -0.2) is 0 Å². The first-order chi connectivity index (χ1) is 15.0. The summed E-state index contributed by atoms with van der Waals surface area (Å²) in [5.74, 6) is 0. The fraction of sp³-hybridized carbons (Fsp3) is 0.429. The third-order valence-electron chi connectivity index (χ3n) is 4.51. The van der Waals surface area contributed by atoms with Gasteiger partial charge in [0.25, 0.3) is 20.2 Å². The second-order valence-corrected chi connectivity index (χ2v) is 10.4. The van der Waals surface area contributed by atoms with Gasteiger partial charge in [-0.05, 0) is 45.0 Å². The van der Waals surface area contributed by atoms with Crippen LogP contribution in [0.2, 0.25) is 0 Å². The Balaban J connectivity index is 2.11. The molecule has 0 radical (unpaired) electrons. The van der Waals surface area contributed by atoms with Crippen LogP contribution in [0.25, 0.3) is 0 Å². The lowest BCUT2D eigenvalue weighted by Gasteiger charge is -2.27. The molecule has 0 heterocycles. The van der Waals surface area contributed by atoms with Gasteiger partial charge in [0.2, 0.25) is 0 Å². The molecule has 0 bridgehead atoms. The maximum atomic E-state index is 12.6. The average molecular weight is 489 g/mol. The lowest BCUT2D eigenvalue weighted by atomic mass is 10.1. The zero-order chi connectivity index (χ0) is 23.9. The topological polar surface area (TPSA) is 125 Å².